The van der Waals surface area contributed by atoms with E-state index in [1.807, 2.05) is 18.2 Å². The molecule has 90 valence electrons. The maximum atomic E-state index is 13.1. The fourth-order valence-corrected chi connectivity index (χ4v) is 2.71. The molecule has 0 atom stereocenters. The van der Waals surface area contributed by atoms with Crippen molar-refractivity contribution in [3.8, 4) is 11.4 Å². The molecule has 3 aromatic rings. The van der Waals surface area contributed by atoms with Crippen molar-refractivity contribution in [2.24, 2.45) is 0 Å². The third-order valence-corrected chi connectivity index (χ3v) is 3.99. The minimum absolute atomic E-state index is 0.264. The summed E-state index contributed by atoms with van der Waals surface area (Å²) in [6, 6.07) is 10.6. The van der Waals surface area contributed by atoms with Gasteiger partial charge >= 0.3 is 0 Å². The monoisotopic (exact) mass is 416 g/mol. The van der Waals surface area contributed by atoms with Crippen molar-refractivity contribution in [2.45, 2.75) is 0 Å². The highest BCUT2D eigenvalue weighted by Crippen LogP contribution is 2.29. The van der Waals surface area contributed by atoms with Crippen molar-refractivity contribution in [2.75, 3.05) is 0 Å². The number of aromatic amines is 1. The number of halogens is 3. The molecule has 0 radical (unpaired) electrons. The van der Waals surface area contributed by atoms with Gasteiger partial charge in [-0.05, 0) is 59.0 Å². The fraction of sp³-hybridized carbons (Fsp3) is 0. The standard InChI is InChI=1S/C13H7BrFIN2/c14-10-3-2-8(16)6-9(10)13-17-11-4-1-7(15)5-12(11)18-13/h1-6H,(H,17,18). The summed E-state index contributed by atoms with van der Waals surface area (Å²) in [4.78, 5) is 7.61. The Hall–Kier alpha value is -0.950. The highest BCUT2D eigenvalue weighted by atomic mass is 127. The van der Waals surface area contributed by atoms with Gasteiger partial charge in [0.15, 0.2) is 0 Å². The number of nitrogens with zero attached hydrogens (tertiary/aromatic N) is 1. The first-order chi connectivity index (χ1) is 8.63. The summed E-state index contributed by atoms with van der Waals surface area (Å²) in [6.45, 7) is 0. The molecule has 0 amide bonds. The molecule has 1 aromatic heterocycles. The van der Waals surface area contributed by atoms with Crippen LogP contribution in [0.4, 0.5) is 4.39 Å². The van der Waals surface area contributed by atoms with Gasteiger partial charge in [-0.1, -0.05) is 15.9 Å². The molecule has 1 N–H and O–H groups in total. The smallest absolute Gasteiger partial charge is 0.139 e. The van der Waals surface area contributed by atoms with Gasteiger partial charge < -0.3 is 4.98 Å². The lowest BCUT2D eigenvalue weighted by atomic mass is 10.2. The number of rotatable bonds is 1. The fourth-order valence-electron chi connectivity index (χ4n) is 1.79. The SMILES string of the molecule is Fc1ccc2nc(-c3cc(I)ccc3Br)[nH]c2c1. The molecule has 0 bridgehead atoms. The Balaban J connectivity index is 2.22. The number of fused-ring (bicyclic) bond motifs is 1. The van der Waals surface area contributed by atoms with Crippen LogP contribution in [0.5, 0.6) is 0 Å². The second-order valence-corrected chi connectivity index (χ2v) is 5.97. The number of hydrogen-bond donors (Lipinski definition) is 1. The molecular formula is C13H7BrFIN2. The minimum atomic E-state index is -0.264. The van der Waals surface area contributed by atoms with Crippen LogP contribution in [0.3, 0.4) is 0 Å². The average Bonchev–Trinajstić information content (AvgIpc) is 2.74. The van der Waals surface area contributed by atoms with Crippen molar-refractivity contribution < 1.29 is 4.39 Å². The second-order valence-electron chi connectivity index (χ2n) is 3.87. The first kappa shape index (κ1) is 12.1. The molecule has 1 heterocycles. The van der Waals surface area contributed by atoms with Crippen molar-refractivity contribution in [1.29, 1.82) is 0 Å². The Kier molecular flexibility index (Phi) is 3.11. The molecule has 0 fully saturated rings. The molecule has 18 heavy (non-hydrogen) atoms. The highest BCUT2D eigenvalue weighted by molar-refractivity contribution is 14.1. The molecule has 0 saturated carbocycles. The van der Waals surface area contributed by atoms with Crippen molar-refractivity contribution in [3.05, 3.63) is 50.3 Å². The quantitative estimate of drug-likeness (QED) is 0.570. The Bertz CT molecular complexity index is 739. The zero-order valence-corrected chi connectivity index (χ0v) is 12.8. The average molecular weight is 417 g/mol. The Labute approximate surface area is 125 Å². The maximum Gasteiger partial charge on any atom is 0.139 e. The van der Waals surface area contributed by atoms with Crippen LogP contribution in [0.25, 0.3) is 22.4 Å². The molecule has 0 unspecified atom stereocenters. The number of benzene rings is 2. The van der Waals surface area contributed by atoms with Crippen molar-refractivity contribution in [1.82, 2.24) is 9.97 Å². The first-order valence-corrected chi connectivity index (χ1v) is 7.11. The van der Waals surface area contributed by atoms with Crippen LogP contribution in [0, 0.1) is 9.39 Å². The van der Waals surface area contributed by atoms with E-state index >= 15 is 0 Å². The Morgan fingerprint density at radius 1 is 1.17 bits per heavy atom. The minimum Gasteiger partial charge on any atom is -0.338 e. The van der Waals surface area contributed by atoms with E-state index in [1.54, 1.807) is 6.07 Å². The van der Waals surface area contributed by atoms with E-state index in [-0.39, 0.29) is 5.82 Å². The van der Waals surface area contributed by atoms with Gasteiger partial charge in [0, 0.05) is 13.6 Å². The predicted molar refractivity (Wildman–Crippen MR) is 81.9 cm³/mol. The van der Waals surface area contributed by atoms with Crippen molar-refractivity contribution >= 4 is 49.6 Å². The number of nitrogens with one attached hydrogen (secondary N) is 1. The van der Waals surface area contributed by atoms with E-state index in [1.165, 1.54) is 12.1 Å². The number of H-pyrrole nitrogens is 1. The number of hydrogen-bond acceptors (Lipinski definition) is 1. The predicted octanol–water partition coefficient (Wildman–Crippen LogP) is 4.74. The lowest BCUT2D eigenvalue weighted by Crippen LogP contribution is -1.83. The molecule has 2 aromatic carbocycles. The Morgan fingerprint density at radius 3 is 2.83 bits per heavy atom. The van der Waals surface area contributed by atoms with E-state index in [4.69, 9.17) is 0 Å². The topological polar surface area (TPSA) is 28.7 Å². The van der Waals surface area contributed by atoms with Gasteiger partial charge in [0.2, 0.25) is 0 Å². The first-order valence-electron chi connectivity index (χ1n) is 5.24. The summed E-state index contributed by atoms with van der Waals surface area (Å²) in [5.74, 6) is 0.473. The van der Waals surface area contributed by atoms with Crippen LogP contribution in [0.1, 0.15) is 0 Å². The van der Waals surface area contributed by atoms with E-state index in [0.29, 0.717) is 5.52 Å². The lowest BCUT2D eigenvalue weighted by molar-refractivity contribution is 0.629. The molecule has 3 rings (SSSR count). The lowest BCUT2D eigenvalue weighted by Gasteiger charge is -2.01. The summed E-state index contributed by atoms with van der Waals surface area (Å²) in [5, 5.41) is 0. The van der Waals surface area contributed by atoms with Gasteiger partial charge in [-0.2, -0.15) is 0 Å². The zero-order valence-electron chi connectivity index (χ0n) is 9.05. The summed E-state index contributed by atoms with van der Waals surface area (Å²) < 4.78 is 15.2. The van der Waals surface area contributed by atoms with Gasteiger partial charge in [-0.3, -0.25) is 0 Å². The van der Waals surface area contributed by atoms with E-state index in [2.05, 4.69) is 48.5 Å². The van der Waals surface area contributed by atoms with Crippen LogP contribution >= 0.6 is 38.5 Å². The van der Waals surface area contributed by atoms with Crippen molar-refractivity contribution in [3.63, 3.8) is 0 Å². The van der Waals surface area contributed by atoms with Gasteiger partial charge in [0.25, 0.3) is 0 Å². The summed E-state index contributed by atoms with van der Waals surface area (Å²) in [5.41, 5.74) is 2.44. The zero-order chi connectivity index (χ0) is 12.7. The van der Waals surface area contributed by atoms with Crippen LogP contribution < -0.4 is 0 Å². The van der Waals surface area contributed by atoms with Crippen LogP contribution in [-0.2, 0) is 0 Å². The molecule has 0 saturated heterocycles. The van der Waals surface area contributed by atoms with E-state index < -0.39 is 0 Å². The number of aromatic nitrogens is 2. The summed E-state index contributed by atoms with van der Waals surface area (Å²) >= 11 is 5.75. The third-order valence-electron chi connectivity index (χ3n) is 2.63. The number of imidazole rings is 1. The van der Waals surface area contributed by atoms with Gasteiger partial charge in [-0.25, -0.2) is 9.37 Å². The summed E-state index contributed by atoms with van der Waals surface area (Å²) in [7, 11) is 0. The second kappa shape index (κ2) is 4.62. The third kappa shape index (κ3) is 2.16. The van der Waals surface area contributed by atoms with Gasteiger partial charge in [0.1, 0.15) is 11.6 Å². The highest BCUT2D eigenvalue weighted by Gasteiger charge is 2.09. The Morgan fingerprint density at radius 2 is 2.00 bits per heavy atom. The van der Waals surface area contributed by atoms with E-state index in [9.17, 15) is 4.39 Å². The summed E-state index contributed by atoms with van der Waals surface area (Å²) in [6.07, 6.45) is 0. The molecule has 0 spiro atoms. The van der Waals surface area contributed by atoms with Gasteiger partial charge in [-0.15, -0.1) is 0 Å². The molecule has 0 aliphatic rings. The largest absolute Gasteiger partial charge is 0.338 e. The molecular weight excluding hydrogens is 410 g/mol. The van der Waals surface area contributed by atoms with Crippen LogP contribution in [0.2, 0.25) is 0 Å². The van der Waals surface area contributed by atoms with Crippen LogP contribution in [0.15, 0.2) is 40.9 Å². The van der Waals surface area contributed by atoms with E-state index in [0.717, 1.165) is 24.9 Å². The normalized spacial score (nSPS) is 11.1. The molecule has 0 aliphatic heterocycles. The maximum absolute atomic E-state index is 13.1. The van der Waals surface area contributed by atoms with Crippen LogP contribution in [-0.4, -0.2) is 9.97 Å². The molecule has 5 heteroatoms. The molecule has 2 nitrogen and oxygen atoms in total. The molecule has 0 aliphatic carbocycles. The van der Waals surface area contributed by atoms with Gasteiger partial charge in [0.05, 0.1) is 11.0 Å².